The summed E-state index contributed by atoms with van der Waals surface area (Å²) in [7, 11) is 0. The van der Waals surface area contributed by atoms with E-state index in [1.807, 2.05) is 0 Å². The number of halogens is 3. The Hall–Kier alpha value is -1.23. The second-order valence-electron chi connectivity index (χ2n) is 4.93. The van der Waals surface area contributed by atoms with Crippen molar-refractivity contribution in [3.05, 3.63) is 29.3 Å². The van der Waals surface area contributed by atoms with Gasteiger partial charge in [-0.2, -0.15) is 13.2 Å². The van der Waals surface area contributed by atoms with E-state index in [9.17, 15) is 13.2 Å². The van der Waals surface area contributed by atoms with Crippen LogP contribution in [0.1, 0.15) is 17.5 Å². The number of piperazine rings is 1. The van der Waals surface area contributed by atoms with Crippen LogP contribution in [0.5, 0.6) is 0 Å². The highest BCUT2D eigenvalue weighted by Gasteiger charge is 2.33. The van der Waals surface area contributed by atoms with Crippen LogP contribution in [-0.2, 0) is 12.6 Å². The molecule has 0 amide bonds. The average molecular weight is 256 g/mol. The monoisotopic (exact) mass is 256 g/mol. The molecular weight excluding hydrogens is 241 g/mol. The molecule has 1 N–H and O–H groups in total. The van der Waals surface area contributed by atoms with Crippen LogP contribution in [0, 0.1) is 0 Å². The Morgan fingerprint density at radius 1 is 1.28 bits per heavy atom. The quantitative estimate of drug-likeness (QED) is 0.767. The van der Waals surface area contributed by atoms with E-state index < -0.39 is 11.7 Å². The molecular formula is C13H15F3N2. The summed E-state index contributed by atoms with van der Waals surface area (Å²) in [4.78, 5) is 2.25. The van der Waals surface area contributed by atoms with Crippen LogP contribution in [0.25, 0.3) is 0 Å². The van der Waals surface area contributed by atoms with Crippen LogP contribution < -0.4 is 10.2 Å². The van der Waals surface area contributed by atoms with Crippen molar-refractivity contribution in [1.29, 1.82) is 0 Å². The number of fused-ring (bicyclic) bond motifs is 3. The first-order valence-electron chi connectivity index (χ1n) is 6.23. The number of aryl methyl sites for hydroxylation is 1. The van der Waals surface area contributed by atoms with Gasteiger partial charge >= 0.3 is 6.18 Å². The fourth-order valence-electron chi connectivity index (χ4n) is 2.90. The van der Waals surface area contributed by atoms with Crippen molar-refractivity contribution in [2.75, 3.05) is 24.5 Å². The first kappa shape index (κ1) is 11.8. The zero-order valence-electron chi connectivity index (χ0n) is 9.93. The summed E-state index contributed by atoms with van der Waals surface area (Å²) in [5.74, 6) is 0. The lowest BCUT2D eigenvalue weighted by Crippen LogP contribution is -2.53. The summed E-state index contributed by atoms with van der Waals surface area (Å²) in [5, 5.41) is 3.33. The topological polar surface area (TPSA) is 15.3 Å². The van der Waals surface area contributed by atoms with Crippen molar-refractivity contribution in [2.45, 2.75) is 25.1 Å². The molecule has 2 aliphatic heterocycles. The molecule has 2 nitrogen and oxygen atoms in total. The molecule has 2 heterocycles. The summed E-state index contributed by atoms with van der Waals surface area (Å²) in [6.45, 7) is 2.71. The summed E-state index contributed by atoms with van der Waals surface area (Å²) < 4.78 is 38.0. The summed E-state index contributed by atoms with van der Waals surface area (Å²) in [6, 6.07) is 4.58. The van der Waals surface area contributed by atoms with Crippen LogP contribution in [0.15, 0.2) is 18.2 Å². The maximum Gasteiger partial charge on any atom is 0.416 e. The van der Waals surface area contributed by atoms with Gasteiger partial charge in [-0.3, -0.25) is 0 Å². The number of alkyl halides is 3. The molecule has 0 spiro atoms. The van der Waals surface area contributed by atoms with Crippen molar-refractivity contribution in [2.24, 2.45) is 0 Å². The lowest BCUT2D eigenvalue weighted by molar-refractivity contribution is -0.137. The molecule has 0 aromatic heterocycles. The number of benzene rings is 1. The van der Waals surface area contributed by atoms with Crippen molar-refractivity contribution in [1.82, 2.24) is 5.32 Å². The van der Waals surface area contributed by atoms with Crippen LogP contribution in [0.4, 0.5) is 18.9 Å². The molecule has 0 bridgehead atoms. The molecule has 1 atom stereocenters. The molecule has 0 saturated carbocycles. The van der Waals surface area contributed by atoms with Crippen LogP contribution in [0.2, 0.25) is 0 Å². The predicted octanol–water partition coefficient (Wildman–Crippen LogP) is 2.43. The molecule has 18 heavy (non-hydrogen) atoms. The first-order valence-corrected chi connectivity index (χ1v) is 6.23. The van der Waals surface area contributed by atoms with E-state index in [0.29, 0.717) is 6.04 Å². The van der Waals surface area contributed by atoms with Gasteiger partial charge in [-0.1, -0.05) is 0 Å². The largest absolute Gasteiger partial charge is 0.416 e. The smallest absolute Gasteiger partial charge is 0.366 e. The molecule has 0 radical (unpaired) electrons. The third-order valence-corrected chi connectivity index (χ3v) is 3.81. The second-order valence-corrected chi connectivity index (χ2v) is 4.93. The number of anilines is 1. The normalized spacial score (nSPS) is 23.5. The summed E-state index contributed by atoms with van der Waals surface area (Å²) >= 11 is 0. The fraction of sp³-hybridized carbons (Fsp3) is 0.538. The maximum absolute atomic E-state index is 12.7. The second kappa shape index (κ2) is 4.16. The van der Waals surface area contributed by atoms with E-state index in [4.69, 9.17) is 0 Å². The maximum atomic E-state index is 12.7. The average Bonchev–Trinajstić information content (AvgIpc) is 2.37. The Kier molecular flexibility index (Phi) is 2.73. The minimum absolute atomic E-state index is 0.433. The van der Waals surface area contributed by atoms with Crippen LogP contribution >= 0.6 is 0 Å². The summed E-state index contributed by atoms with van der Waals surface area (Å²) in [6.07, 6.45) is -2.57. The SMILES string of the molecule is FC(F)(F)c1ccc2c(c1)CCC1CNCCN21. The Morgan fingerprint density at radius 3 is 2.89 bits per heavy atom. The molecule has 98 valence electrons. The van der Waals surface area contributed by atoms with E-state index in [1.165, 1.54) is 12.1 Å². The van der Waals surface area contributed by atoms with Crippen LogP contribution in [0.3, 0.4) is 0 Å². The van der Waals surface area contributed by atoms with Gasteiger partial charge in [0.2, 0.25) is 0 Å². The van der Waals surface area contributed by atoms with E-state index >= 15 is 0 Å². The minimum Gasteiger partial charge on any atom is -0.366 e. The molecule has 1 saturated heterocycles. The van der Waals surface area contributed by atoms with Gasteiger partial charge in [0.15, 0.2) is 0 Å². The number of hydrogen-bond donors (Lipinski definition) is 1. The fourth-order valence-corrected chi connectivity index (χ4v) is 2.90. The lowest BCUT2D eigenvalue weighted by atomic mass is 9.93. The van der Waals surface area contributed by atoms with Gasteiger partial charge in [0.1, 0.15) is 0 Å². The number of rotatable bonds is 0. The van der Waals surface area contributed by atoms with E-state index in [0.717, 1.165) is 43.7 Å². The first-order chi connectivity index (χ1) is 8.55. The van der Waals surface area contributed by atoms with Gasteiger partial charge in [0.25, 0.3) is 0 Å². The van der Waals surface area contributed by atoms with Gasteiger partial charge in [0, 0.05) is 31.4 Å². The number of nitrogens with one attached hydrogen (secondary N) is 1. The summed E-state index contributed by atoms with van der Waals surface area (Å²) in [5.41, 5.74) is 1.29. The zero-order chi connectivity index (χ0) is 12.8. The Labute approximate surface area is 104 Å². The Morgan fingerprint density at radius 2 is 2.11 bits per heavy atom. The van der Waals surface area contributed by atoms with Gasteiger partial charge in [0.05, 0.1) is 5.56 Å². The molecule has 1 aromatic carbocycles. The predicted molar refractivity (Wildman–Crippen MR) is 63.8 cm³/mol. The molecule has 1 unspecified atom stereocenters. The Balaban J connectivity index is 1.96. The Bertz CT molecular complexity index is 456. The molecule has 3 rings (SSSR count). The lowest BCUT2D eigenvalue weighted by Gasteiger charge is -2.42. The molecule has 2 aliphatic rings. The number of nitrogens with zero attached hydrogens (tertiary/aromatic N) is 1. The van der Waals surface area contributed by atoms with Crippen molar-refractivity contribution >= 4 is 5.69 Å². The third kappa shape index (κ3) is 1.96. The van der Waals surface area contributed by atoms with Gasteiger partial charge in [-0.15, -0.1) is 0 Å². The number of hydrogen-bond acceptors (Lipinski definition) is 2. The highest BCUT2D eigenvalue weighted by molar-refractivity contribution is 5.58. The minimum atomic E-state index is -4.24. The van der Waals surface area contributed by atoms with Gasteiger partial charge in [-0.05, 0) is 36.6 Å². The third-order valence-electron chi connectivity index (χ3n) is 3.81. The van der Waals surface area contributed by atoms with E-state index in [-0.39, 0.29) is 0 Å². The van der Waals surface area contributed by atoms with E-state index in [1.54, 1.807) is 6.07 Å². The van der Waals surface area contributed by atoms with Gasteiger partial charge in [-0.25, -0.2) is 0 Å². The van der Waals surface area contributed by atoms with E-state index in [2.05, 4.69) is 10.2 Å². The zero-order valence-corrected chi connectivity index (χ0v) is 9.93. The highest BCUT2D eigenvalue weighted by Crippen LogP contribution is 2.36. The molecule has 5 heteroatoms. The van der Waals surface area contributed by atoms with Crippen LogP contribution in [-0.4, -0.2) is 25.7 Å². The standard InChI is InChI=1S/C13H15F3N2/c14-13(15,16)10-2-4-12-9(7-10)1-3-11-8-17-5-6-18(11)12/h2,4,7,11,17H,1,3,5-6,8H2. The molecule has 1 fully saturated rings. The van der Waals surface area contributed by atoms with Gasteiger partial charge < -0.3 is 10.2 Å². The molecule has 0 aliphatic carbocycles. The van der Waals surface area contributed by atoms with Crippen molar-refractivity contribution in [3.63, 3.8) is 0 Å². The highest BCUT2D eigenvalue weighted by atomic mass is 19.4. The van der Waals surface area contributed by atoms with Crippen molar-refractivity contribution in [3.8, 4) is 0 Å². The van der Waals surface area contributed by atoms with Crippen molar-refractivity contribution < 1.29 is 13.2 Å². The molecule has 1 aromatic rings.